The Labute approximate surface area is 122 Å². The van der Waals surface area contributed by atoms with E-state index in [9.17, 15) is 14.7 Å². The molecule has 0 saturated carbocycles. The molecule has 116 valence electrons. The van der Waals surface area contributed by atoms with Gasteiger partial charge in [-0.3, -0.25) is 14.5 Å². The highest BCUT2D eigenvalue weighted by molar-refractivity contribution is 5.66. The van der Waals surface area contributed by atoms with Crippen molar-refractivity contribution in [3.63, 3.8) is 0 Å². The minimum atomic E-state index is -0.852. The van der Waals surface area contributed by atoms with Gasteiger partial charge < -0.3 is 19.5 Å². The third-order valence-corrected chi connectivity index (χ3v) is 3.48. The lowest BCUT2D eigenvalue weighted by molar-refractivity contribution is -0.137. The molecule has 0 bridgehead atoms. The molecule has 21 heavy (non-hydrogen) atoms. The summed E-state index contributed by atoms with van der Waals surface area (Å²) in [4.78, 5) is 24.4. The Kier molecular flexibility index (Phi) is 5.35. The van der Waals surface area contributed by atoms with Crippen LogP contribution in [-0.4, -0.2) is 52.0 Å². The van der Waals surface area contributed by atoms with Crippen LogP contribution in [0.25, 0.3) is 0 Å². The van der Waals surface area contributed by atoms with Crippen LogP contribution < -0.4 is 5.43 Å². The Morgan fingerprint density at radius 2 is 2.05 bits per heavy atom. The van der Waals surface area contributed by atoms with E-state index in [0.29, 0.717) is 32.7 Å². The third-order valence-electron chi connectivity index (χ3n) is 3.48. The van der Waals surface area contributed by atoms with Crippen molar-refractivity contribution in [3.8, 4) is 5.75 Å². The number of nitrogens with zero attached hydrogens (tertiary/aromatic N) is 2. The van der Waals surface area contributed by atoms with Crippen molar-refractivity contribution >= 4 is 5.97 Å². The predicted octanol–water partition coefficient (Wildman–Crippen LogP) is 0.251. The largest absolute Gasteiger partial charge is 0.503 e. The summed E-state index contributed by atoms with van der Waals surface area (Å²) < 4.78 is 7.05. The van der Waals surface area contributed by atoms with Gasteiger partial charge in [0.05, 0.1) is 19.4 Å². The minimum absolute atomic E-state index is 0.0594. The maximum absolute atomic E-state index is 11.6. The molecule has 0 spiro atoms. The Morgan fingerprint density at radius 3 is 2.71 bits per heavy atom. The fraction of sp³-hybridized carbons (Fsp3) is 0.571. The number of hydrogen-bond donors (Lipinski definition) is 2. The summed E-state index contributed by atoms with van der Waals surface area (Å²) in [5.74, 6) is -1.16. The molecule has 1 fully saturated rings. The van der Waals surface area contributed by atoms with Gasteiger partial charge in [-0.15, -0.1) is 0 Å². The number of carboxylic acids is 1. The molecule has 0 amide bonds. The number of morpholine rings is 1. The Morgan fingerprint density at radius 1 is 1.33 bits per heavy atom. The zero-order valence-corrected chi connectivity index (χ0v) is 11.8. The molecule has 0 aliphatic carbocycles. The number of rotatable bonds is 6. The number of aromatic hydroxyl groups is 1. The van der Waals surface area contributed by atoms with Crippen molar-refractivity contribution in [2.75, 3.05) is 26.3 Å². The summed E-state index contributed by atoms with van der Waals surface area (Å²) in [5.41, 5.74) is 0.373. The van der Waals surface area contributed by atoms with E-state index in [1.54, 1.807) is 4.57 Å². The fourth-order valence-electron chi connectivity index (χ4n) is 2.34. The van der Waals surface area contributed by atoms with E-state index in [1.807, 2.05) is 0 Å². The predicted molar refractivity (Wildman–Crippen MR) is 75.3 cm³/mol. The third kappa shape index (κ3) is 4.57. The van der Waals surface area contributed by atoms with Crippen LogP contribution in [0.1, 0.15) is 18.5 Å². The van der Waals surface area contributed by atoms with Crippen LogP contribution in [0.4, 0.5) is 0 Å². The number of ether oxygens (including phenoxy) is 1. The summed E-state index contributed by atoms with van der Waals surface area (Å²) >= 11 is 0. The van der Waals surface area contributed by atoms with Gasteiger partial charge in [-0.25, -0.2) is 0 Å². The lowest BCUT2D eigenvalue weighted by Gasteiger charge is -2.27. The summed E-state index contributed by atoms with van der Waals surface area (Å²) in [6.45, 7) is 3.98. The highest BCUT2D eigenvalue weighted by Crippen LogP contribution is 2.11. The van der Waals surface area contributed by atoms with Gasteiger partial charge in [0, 0.05) is 44.4 Å². The van der Waals surface area contributed by atoms with Gasteiger partial charge in [-0.05, 0) is 6.42 Å². The first kappa shape index (κ1) is 15.5. The molecule has 2 N–H and O–H groups in total. The number of aryl methyl sites for hydroxylation is 1. The Balaban J connectivity index is 2.10. The first-order valence-corrected chi connectivity index (χ1v) is 7.00. The molecule has 0 atom stereocenters. The lowest BCUT2D eigenvalue weighted by atomic mass is 10.2. The molecule has 2 rings (SSSR count). The van der Waals surface area contributed by atoms with Gasteiger partial charge in [0.15, 0.2) is 5.75 Å². The van der Waals surface area contributed by atoms with Crippen molar-refractivity contribution in [1.82, 2.24) is 9.47 Å². The van der Waals surface area contributed by atoms with Crippen LogP contribution >= 0.6 is 0 Å². The van der Waals surface area contributed by atoms with Crippen molar-refractivity contribution in [3.05, 3.63) is 28.2 Å². The van der Waals surface area contributed by atoms with Crippen LogP contribution in [0.15, 0.2) is 17.1 Å². The Hall–Kier alpha value is -1.86. The van der Waals surface area contributed by atoms with Gasteiger partial charge in [0.25, 0.3) is 0 Å². The molecule has 2 heterocycles. The number of carbonyl (C=O) groups is 1. The smallest absolute Gasteiger partial charge is 0.303 e. The zero-order valence-electron chi connectivity index (χ0n) is 11.8. The van der Waals surface area contributed by atoms with Crippen LogP contribution in [0.5, 0.6) is 5.75 Å². The van der Waals surface area contributed by atoms with E-state index in [1.165, 1.54) is 12.3 Å². The highest BCUT2D eigenvalue weighted by Gasteiger charge is 2.14. The second-order valence-corrected chi connectivity index (χ2v) is 5.09. The number of aromatic nitrogens is 1. The second kappa shape index (κ2) is 7.24. The average molecular weight is 296 g/mol. The van der Waals surface area contributed by atoms with Crippen LogP contribution in [-0.2, 0) is 22.6 Å². The summed E-state index contributed by atoms with van der Waals surface area (Å²) in [7, 11) is 0. The van der Waals surface area contributed by atoms with Crippen LogP contribution in [0.3, 0.4) is 0 Å². The molecule has 0 radical (unpaired) electrons. The SMILES string of the molecule is O=C(O)CCCn1cc(O)c(=O)cc1CN1CCOCC1. The first-order chi connectivity index (χ1) is 10.1. The first-order valence-electron chi connectivity index (χ1n) is 7.00. The van der Waals surface area contributed by atoms with Gasteiger partial charge in [-0.1, -0.05) is 0 Å². The summed E-state index contributed by atoms with van der Waals surface area (Å²) in [5, 5.41) is 18.2. The highest BCUT2D eigenvalue weighted by atomic mass is 16.5. The van der Waals surface area contributed by atoms with Crippen LogP contribution in [0, 0.1) is 0 Å². The van der Waals surface area contributed by atoms with Crippen molar-refractivity contribution in [2.24, 2.45) is 0 Å². The monoisotopic (exact) mass is 296 g/mol. The second-order valence-electron chi connectivity index (χ2n) is 5.09. The fourth-order valence-corrected chi connectivity index (χ4v) is 2.34. The molecule has 1 aliphatic rings. The van der Waals surface area contributed by atoms with Gasteiger partial charge in [0.1, 0.15) is 0 Å². The van der Waals surface area contributed by atoms with Gasteiger partial charge in [0.2, 0.25) is 5.43 Å². The molecule has 1 saturated heterocycles. The van der Waals surface area contributed by atoms with E-state index in [2.05, 4.69) is 4.90 Å². The zero-order chi connectivity index (χ0) is 15.2. The number of aliphatic carboxylic acids is 1. The normalized spacial score (nSPS) is 16.0. The average Bonchev–Trinajstić information content (AvgIpc) is 2.45. The molecule has 1 aromatic heterocycles. The number of carboxylic acid groups (broad SMARTS) is 1. The molecule has 7 nitrogen and oxygen atoms in total. The van der Waals surface area contributed by atoms with E-state index in [0.717, 1.165) is 18.8 Å². The Bertz CT molecular complexity index is 549. The molecule has 0 unspecified atom stereocenters. The van der Waals surface area contributed by atoms with E-state index < -0.39 is 11.4 Å². The quantitative estimate of drug-likeness (QED) is 0.782. The number of hydrogen-bond acceptors (Lipinski definition) is 5. The molecule has 1 aromatic rings. The summed E-state index contributed by atoms with van der Waals surface area (Å²) in [6.07, 6.45) is 1.90. The topological polar surface area (TPSA) is 92.0 Å². The molecule has 0 aromatic carbocycles. The van der Waals surface area contributed by atoms with Crippen molar-refractivity contribution < 1.29 is 19.7 Å². The van der Waals surface area contributed by atoms with Crippen molar-refractivity contribution in [2.45, 2.75) is 25.9 Å². The van der Waals surface area contributed by atoms with E-state index in [4.69, 9.17) is 9.84 Å². The van der Waals surface area contributed by atoms with Crippen LogP contribution in [0.2, 0.25) is 0 Å². The van der Waals surface area contributed by atoms with E-state index in [-0.39, 0.29) is 12.2 Å². The maximum Gasteiger partial charge on any atom is 0.303 e. The maximum atomic E-state index is 11.6. The summed E-state index contributed by atoms with van der Waals surface area (Å²) in [6, 6.07) is 1.42. The molecule has 7 heteroatoms. The molecular weight excluding hydrogens is 276 g/mol. The number of pyridine rings is 1. The molecular formula is C14H20N2O5. The minimum Gasteiger partial charge on any atom is -0.503 e. The van der Waals surface area contributed by atoms with Crippen molar-refractivity contribution in [1.29, 1.82) is 0 Å². The van der Waals surface area contributed by atoms with E-state index >= 15 is 0 Å². The lowest BCUT2D eigenvalue weighted by Crippen LogP contribution is -2.36. The van der Waals surface area contributed by atoms with Gasteiger partial charge in [-0.2, -0.15) is 0 Å². The van der Waals surface area contributed by atoms with Gasteiger partial charge >= 0.3 is 5.97 Å². The standard InChI is InChI=1S/C14H20N2O5/c17-12-8-11(9-15-4-6-21-7-5-15)16(10-13(12)18)3-1-2-14(19)20/h8,10,18H,1-7,9H2,(H,19,20). The molecule has 1 aliphatic heterocycles.